The molecule has 3 heteroatoms. The molecule has 0 amide bonds. The van der Waals surface area contributed by atoms with Gasteiger partial charge < -0.3 is 15.0 Å². The quantitative estimate of drug-likeness (QED) is 0.399. The van der Waals surface area contributed by atoms with Crippen molar-refractivity contribution in [3.8, 4) is 11.5 Å². The molecule has 0 saturated carbocycles. The predicted molar refractivity (Wildman–Crippen MR) is 122 cm³/mol. The first-order chi connectivity index (χ1) is 13.8. The van der Waals surface area contributed by atoms with E-state index in [-0.39, 0.29) is 0 Å². The highest BCUT2D eigenvalue weighted by Gasteiger charge is 2.03. The summed E-state index contributed by atoms with van der Waals surface area (Å²) in [6.07, 6.45) is 5.14. The average molecular weight is 385 g/mol. The number of ether oxygens (including phenoxy) is 1. The van der Waals surface area contributed by atoms with Gasteiger partial charge in [0.15, 0.2) is 0 Å². The van der Waals surface area contributed by atoms with Crippen molar-refractivity contribution in [3.05, 3.63) is 60.2 Å². The van der Waals surface area contributed by atoms with E-state index >= 15 is 0 Å². The zero-order valence-corrected chi connectivity index (χ0v) is 18.4. The third-order valence-corrected chi connectivity index (χ3v) is 4.49. The molecule has 0 aromatic heterocycles. The minimum Gasteiger partial charge on any atom is -0.457 e. The van der Waals surface area contributed by atoms with Crippen molar-refractivity contribution < 1.29 is 4.74 Å². The molecule has 3 nitrogen and oxygen atoms in total. The van der Waals surface area contributed by atoms with Crippen LogP contribution in [0, 0.1) is 0 Å². The molecular weight excluding hydrogens is 344 g/mol. The number of para-hydroxylation sites is 1. The Morgan fingerprint density at radius 1 is 0.750 bits per heavy atom. The fraction of sp³-hybridized carbons (Fsp3) is 0.520. The van der Waals surface area contributed by atoms with Crippen LogP contribution in [0.15, 0.2) is 54.6 Å². The van der Waals surface area contributed by atoms with Gasteiger partial charge in [0.05, 0.1) is 0 Å². The Bertz CT molecular complexity index is 575. The molecule has 0 aliphatic carbocycles. The molecule has 28 heavy (non-hydrogen) atoms. The lowest BCUT2D eigenvalue weighted by Crippen LogP contribution is -2.33. The largest absolute Gasteiger partial charge is 0.457 e. The van der Waals surface area contributed by atoms with Crippen LogP contribution in [-0.2, 0) is 6.54 Å². The molecule has 0 aliphatic rings. The summed E-state index contributed by atoms with van der Waals surface area (Å²) < 4.78 is 5.84. The minimum absolute atomic E-state index is 0.873. The zero-order valence-electron chi connectivity index (χ0n) is 18.4. The number of hydrogen-bond donors (Lipinski definition) is 1. The number of nitrogens with one attached hydrogen (secondary N) is 1. The van der Waals surface area contributed by atoms with Gasteiger partial charge in [0, 0.05) is 19.6 Å². The standard InChI is InChI=1S/C23H34N2O.C2H6/c1-3-5-17-25(18-6-4-2)19-16-24-20-21-12-14-23(15-13-21)26-22-10-8-7-9-11-22;1-2/h7-15,24H,3-6,16-20H2,1-2H3;1-2H3. The van der Waals surface area contributed by atoms with Crippen molar-refractivity contribution in [2.24, 2.45) is 0 Å². The molecule has 0 radical (unpaired) electrons. The van der Waals surface area contributed by atoms with E-state index in [1.807, 2.05) is 56.3 Å². The van der Waals surface area contributed by atoms with Gasteiger partial charge in [-0.2, -0.15) is 0 Å². The third kappa shape index (κ3) is 10.5. The highest BCUT2D eigenvalue weighted by molar-refractivity contribution is 5.32. The second-order valence-electron chi connectivity index (χ2n) is 6.78. The van der Waals surface area contributed by atoms with Gasteiger partial charge in [-0.25, -0.2) is 0 Å². The Balaban J connectivity index is 0.00000190. The number of benzene rings is 2. The summed E-state index contributed by atoms with van der Waals surface area (Å²) in [5, 5.41) is 3.57. The average Bonchev–Trinajstić information content (AvgIpc) is 2.76. The van der Waals surface area contributed by atoms with Gasteiger partial charge >= 0.3 is 0 Å². The molecule has 156 valence electrons. The summed E-state index contributed by atoms with van der Waals surface area (Å²) in [5.74, 6) is 1.75. The Hall–Kier alpha value is -1.84. The van der Waals surface area contributed by atoms with Gasteiger partial charge in [-0.3, -0.25) is 0 Å². The summed E-state index contributed by atoms with van der Waals surface area (Å²) in [6, 6.07) is 18.3. The number of unbranched alkanes of at least 4 members (excludes halogenated alkanes) is 2. The van der Waals surface area contributed by atoms with Crippen molar-refractivity contribution >= 4 is 0 Å². The van der Waals surface area contributed by atoms with E-state index in [9.17, 15) is 0 Å². The van der Waals surface area contributed by atoms with Gasteiger partial charge in [0.2, 0.25) is 0 Å². The van der Waals surface area contributed by atoms with Crippen molar-refractivity contribution in [1.29, 1.82) is 0 Å². The maximum absolute atomic E-state index is 5.84. The summed E-state index contributed by atoms with van der Waals surface area (Å²) >= 11 is 0. The molecule has 1 N–H and O–H groups in total. The Kier molecular flexibility index (Phi) is 14.0. The molecular formula is C25H40N2O. The van der Waals surface area contributed by atoms with Gasteiger partial charge in [-0.05, 0) is 55.8 Å². The van der Waals surface area contributed by atoms with Crippen LogP contribution in [-0.4, -0.2) is 31.1 Å². The molecule has 0 spiro atoms. The predicted octanol–water partition coefficient (Wildman–Crippen LogP) is 6.50. The minimum atomic E-state index is 0.873. The third-order valence-electron chi connectivity index (χ3n) is 4.49. The maximum Gasteiger partial charge on any atom is 0.127 e. The lowest BCUT2D eigenvalue weighted by Gasteiger charge is -2.22. The van der Waals surface area contributed by atoms with E-state index < -0.39 is 0 Å². The second kappa shape index (κ2) is 16.1. The molecule has 0 heterocycles. The SMILES string of the molecule is CC.CCCCN(CCCC)CCNCc1ccc(Oc2ccccc2)cc1. The molecule has 0 saturated heterocycles. The topological polar surface area (TPSA) is 24.5 Å². The summed E-state index contributed by atoms with van der Waals surface area (Å²) in [7, 11) is 0. The molecule has 2 aromatic carbocycles. The van der Waals surface area contributed by atoms with E-state index in [1.54, 1.807) is 0 Å². The fourth-order valence-electron chi connectivity index (χ4n) is 2.87. The molecule has 0 aliphatic heterocycles. The van der Waals surface area contributed by atoms with Crippen LogP contribution in [0.3, 0.4) is 0 Å². The molecule has 0 unspecified atom stereocenters. The van der Waals surface area contributed by atoms with Crippen molar-refractivity contribution in [2.45, 2.75) is 59.9 Å². The van der Waals surface area contributed by atoms with Crippen LogP contribution in [0.1, 0.15) is 58.9 Å². The second-order valence-corrected chi connectivity index (χ2v) is 6.78. The molecule has 0 atom stereocenters. The molecule has 2 aromatic rings. The lowest BCUT2D eigenvalue weighted by molar-refractivity contribution is 0.264. The van der Waals surface area contributed by atoms with Gasteiger partial charge in [-0.1, -0.05) is 70.9 Å². The Morgan fingerprint density at radius 2 is 1.32 bits per heavy atom. The van der Waals surface area contributed by atoms with Crippen LogP contribution in [0.4, 0.5) is 0 Å². The van der Waals surface area contributed by atoms with Crippen LogP contribution < -0.4 is 10.1 Å². The maximum atomic E-state index is 5.84. The van der Waals surface area contributed by atoms with Gasteiger partial charge in [0.25, 0.3) is 0 Å². The van der Waals surface area contributed by atoms with Crippen LogP contribution in [0.5, 0.6) is 11.5 Å². The van der Waals surface area contributed by atoms with E-state index in [2.05, 4.69) is 36.2 Å². The van der Waals surface area contributed by atoms with Gasteiger partial charge in [-0.15, -0.1) is 0 Å². The number of hydrogen-bond acceptors (Lipinski definition) is 3. The van der Waals surface area contributed by atoms with Crippen LogP contribution in [0.2, 0.25) is 0 Å². The van der Waals surface area contributed by atoms with Crippen molar-refractivity contribution in [2.75, 3.05) is 26.2 Å². The summed E-state index contributed by atoms with van der Waals surface area (Å²) in [5.41, 5.74) is 1.29. The van der Waals surface area contributed by atoms with E-state index in [1.165, 1.54) is 44.3 Å². The highest BCUT2D eigenvalue weighted by atomic mass is 16.5. The monoisotopic (exact) mass is 384 g/mol. The van der Waals surface area contributed by atoms with E-state index in [0.717, 1.165) is 31.1 Å². The number of rotatable bonds is 13. The van der Waals surface area contributed by atoms with Crippen molar-refractivity contribution in [1.82, 2.24) is 10.2 Å². The highest BCUT2D eigenvalue weighted by Crippen LogP contribution is 2.21. The first kappa shape index (κ1) is 24.2. The normalized spacial score (nSPS) is 10.5. The summed E-state index contributed by atoms with van der Waals surface area (Å²) in [6.45, 7) is 14.1. The van der Waals surface area contributed by atoms with Gasteiger partial charge in [0.1, 0.15) is 11.5 Å². The van der Waals surface area contributed by atoms with E-state index in [4.69, 9.17) is 4.74 Å². The van der Waals surface area contributed by atoms with E-state index in [0.29, 0.717) is 0 Å². The Morgan fingerprint density at radius 3 is 1.89 bits per heavy atom. The smallest absolute Gasteiger partial charge is 0.127 e. The molecule has 0 bridgehead atoms. The van der Waals surface area contributed by atoms with Crippen LogP contribution in [0.25, 0.3) is 0 Å². The zero-order chi connectivity index (χ0) is 20.5. The Labute approximate surface area is 173 Å². The molecule has 2 rings (SSSR count). The summed E-state index contributed by atoms with van der Waals surface area (Å²) in [4.78, 5) is 2.59. The number of nitrogens with zero attached hydrogens (tertiary/aromatic N) is 1. The van der Waals surface area contributed by atoms with Crippen LogP contribution >= 0.6 is 0 Å². The van der Waals surface area contributed by atoms with Crippen molar-refractivity contribution in [3.63, 3.8) is 0 Å². The fourth-order valence-corrected chi connectivity index (χ4v) is 2.87. The lowest BCUT2D eigenvalue weighted by atomic mass is 10.2. The first-order valence-electron chi connectivity index (χ1n) is 11.1. The molecule has 0 fully saturated rings. The first-order valence-corrected chi connectivity index (χ1v) is 11.1.